The third-order valence-electron chi connectivity index (χ3n) is 6.59. The maximum absolute atomic E-state index is 12.9. The van der Waals surface area contributed by atoms with Crippen LogP contribution in [-0.2, 0) is 28.2 Å². The van der Waals surface area contributed by atoms with Gasteiger partial charge in [-0.1, -0.05) is 35.1 Å². The standard InChI is InChI=1S/C25H30ClN5O4S2/c1-27-24(33)23-21(29(3)25(28-2)36-23)16-30-9-11-31(12-10-30)22(32)8-13-37(34,35)20-7-5-17-14-19(26)6-4-18(17)15-20/h4-7,14-15H,8-13,16H2,1-3H3,(H,27,33). The monoisotopic (exact) mass is 563 g/mol. The quantitative estimate of drug-likeness (QED) is 0.475. The van der Waals surface area contributed by atoms with Crippen molar-refractivity contribution in [3.8, 4) is 0 Å². The van der Waals surface area contributed by atoms with Crippen LogP contribution in [0, 0.1) is 0 Å². The number of benzene rings is 2. The molecule has 0 bridgehead atoms. The Morgan fingerprint density at radius 2 is 1.76 bits per heavy atom. The highest BCUT2D eigenvalue weighted by molar-refractivity contribution is 7.91. The van der Waals surface area contributed by atoms with E-state index in [9.17, 15) is 18.0 Å². The molecular weight excluding hydrogens is 534 g/mol. The van der Waals surface area contributed by atoms with Gasteiger partial charge in [-0.3, -0.25) is 19.5 Å². The first-order valence-electron chi connectivity index (χ1n) is 11.9. The van der Waals surface area contributed by atoms with Gasteiger partial charge in [0.15, 0.2) is 14.6 Å². The number of halogens is 1. The van der Waals surface area contributed by atoms with Gasteiger partial charge in [-0.25, -0.2) is 8.42 Å². The molecule has 4 rings (SSSR count). The first-order chi connectivity index (χ1) is 17.6. The van der Waals surface area contributed by atoms with Gasteiger partial charge in [-0.05, 0) is 35.0 Å². The molecule has 9 nitrogen and oxygen atoms in total. The molecule has 2 heterocycles. The molecule has 0 spiro atoms. The fourth-order valence-electron chi connectivity index (χ4n) is 4.40. The molecule has 1 aromatic heterocycles. The molecule has 1 fully saturated rings. The van der Waals surface area contributed by atoms with E-state index in [0.29, 0.717) is 42.6 Å². The molecule has 1 saturated heterocycles. The van der Waals surface area contributed by atoms with Crippen LogP contribution in [-0.4, -0.2) is 80.6 Å². The van der Waals surface area contributed by atoms with Gasteiger partial charge in [0.05, 0.1) is 16.3 Å². The molecule has 0 saturated carbocycles. The predicted octanol–water partition coefficient (Wildman–Crippen LogP) is 2.29. The van der Waals surface area contributed by atoms with E-state index in [1.807, 2.05) is 11.6 Å². The Bertz CT molecular complexity index is 1500. The van der Waals surface area contributed by atoms with Crippen LogP contribution in [0.15, 0.2) is 46.3 Å². The second-order valence-electron chi connectivity index (χ2n) is 8.90. The van der Waals surface area contributed by atoms with E-state index < -0.39 is 9.84 Å². The van der Waals surface area contributed by atoms with Crippen molar-refractivity contribution in [3.05, 3.63) is 56.8 Å². The molecular formula is C25H30ClN5O4S2. The number of sulfone groups is 1. The zero-order chi connectivity index (χ0) is 26.7. The third kappa shape index (κ3) is 6.06. The van der Waals surface area contributed by atoms with Gasteiger partial charge in [-0.15, -0.1) is 0 Å². The summed E-state index contributed by atoms with van der Waals surface area (Å²) in [4.78, 5) is 34.9. The van der Waals surface area contributed by atoms with Crippen molar-refractivity contribution in [2.75, 3.05) is 46.0 Å². The first-order valence-corrected chi connectivity index (χ1v) is 14.7. The van der Waals surface area contributed by atoms with E-state index in [4.69, 9.17) is 11.6 Å². The van der Waals surface area contributed by atoms with Crippen LogP contribution in [0.4, 0.5) is 0 Å². The van der Waals surface area contributed by atoms with E-state index >= 15 is 0 Å². The Labute approximate surface area is 225 Å². The number of rotatable bonds is 7. The summed E-state index contributed by atoms with van der Waals surface area (Å²) in [6.07, 6.45) is -0.0668. The molecule has 1 aliphatic heterocycles. The van der Waals surface area contributed by atoms with Crippen molar-refractivity contribution in [1.29, 1.82) is 0 Å². The predicted molar refractivity (Wildman–Crippen MR) is 146 cm³/mol. The number of piperazine rings is 1. The summed E-state index contributed by atoms with van der Waals surface area (Å²) in [6, 6.07) is 10.2. The second kappa shape index (κ2) is 11.3. The number of nitrogens with one attached hydrogen (secondary N) is 1. The topological polar surface area (TPSA) is 104 Å². The molecule has 37 heavy (non-hydrogen) atoms. The summed E-state index contributed by atoms with van der Waals surface area (Å²) in [5.41, 5.74) is 0.883. The van der Waals surface area contributed by atoms with E-state index in [1.54, 1.807) is 55.4 Å². The van der Waals surface area contributed by atoms with Gasteiger partial charge in [-0.2, -0.15) is 0 Å². The molecule has 1 aliphatic rings. The smallest absolute Gasteiger partial charge is 0.263 e. The molecule has 1 N–H and O–H groups in total. The maximum Gasteiger partial charge on any atom is 0.263 e. The molecule has 198 valence electrons. The number of nitrogens with zero attached hydrogens (tertiary/aromatic N) is 4. The summed E-state index contributed by atoms with van der Waals surface area (Å²) in [5, 5.41) is 4.92. The Balaban J connectivity index is 1.35. The van der Waals surface area contributed by atoms with Crippen LogP contribution in [0.5, 0.6) is 0 Å². The minimum Gasteiger partial charge on any atom is -0.354 e. The van der Waals surface area contributed by atoms with Crippen LogP contribution in [0.1, 0.15) is 21.8 Å². The first kappa shape index (κ1) is 27.3. The molecule has 0 unspecified atom stereocenters. The van der Waals surface area contributed by atoms with Crippen molar-refractivity contribution in [3.63, 3.8) is 0 Å². The molecule has 12 heteroatoms. The molecule has 2 amide bonds. The zero-order valence-corrected chi connectivity index (χ0v) is 23.4. The third-order valence-corrected chi connectivity index (χ3v) is 9.80. The Morgan fingerprint density at radius 1 is 1.08 bits per heavy atom. The Kier molecular flexibility index (Phi) is 8.37. The molecule has 0 aliphatic carbocycles. The van der Waals surface area contributed by atoms with Gasteiger partial charge >= 0.3 is 0 Å². The Morgan fingerprint density at radius 3 is 2.43 bits per heavy atom. The number of hydrogen-bond acceptors (Lipinski definition) is 7. The van der Waals surface area contributed by atoms with Crippen LogP contribution in [0.3, 0.4) is 0 Å². The Hall–Kier alpha value is -2.73. The van der Waals surface area contributed by atoms with E-state index in [1.165, 1.54) is 11.3 Å². The summed E-state index contributed by atoms with van der Waals surface area (Å²) in [6.45, 7) is 2.84. The van der Waals surface area contributed by atoms with Crippen LogP contribution in [0.25, 0.3) is 10.8 Å². The summed E-state index contributed by atoms with van der Waals surface area (Å²) in [5.74, 6) is -0.556. The minimum atomic E-state index is -3.61. The second-order valence-corrected chi connectivity index (χ2v) is 12.4. The number of aromatic nitrogens is 1. The zero-order valence-electron chi connectivity index (χ0n) is 21.0. The summed E-state index contributed by atoms with van der Waals surface area (Å²) < 4.78 is 27.7. The molecule has 2 aromatic carbocycles. The number of fused-ring (bicyclic) bond motifs is 1. The number of hydrogen-bond donors (Lipinski definition) is 1. The van der Waals surface area contributed by atoms with Gasteiger partial charge in [0.1, 0.15) is 4.88 Å². The van der Waals surface area contributed by atoms with Gasteiger partial charge in [0.2, 0.25) is 5.91 Å². The van der Waals surface area contributed by atoms with Crippen molar-refractivity contribution >= 4 is 55.4 Å². The maximum atomic E-state index is 12.9. The highest BCUT2D eigenvalue weighted by Gasteiger charge is 2.26. The van der Waals surface area contributed by atoms with Gasteiger partial charge in [0.25, 0.3) is 5.91 Å². The normalized spacial score (nSPS) is 15.4. The van der Waals surface area contributed by atoms with Crippen molar-refractivity contribution in [2.24, 2.45) is 12.0 Å². The minimum absolute atomic E-state index is 0.0668. The fourth-order valence-corrected chi connectivity index (χ4v) is 6.88. The van der Waals surface area contributed by atoms with Crippen molar-refractivity contribution in [1.82, 2.24) is 19.7 Å². The number of amides is 2. The number of thiazole rings is 1. The van der Waals surface area contributed by atoms with E-state index in [2.05, 4.69) is 15.2 Å². The fraction of sp³-hybridized carbons (Fsp3) is 0.400. The van der Waals surface area contributed by atoms with Gasteiger partial charge in [0, 0.05) is 65.3 Å². The summed E-state index contributed by atoms with van der Waals surface area (Å²) >= 11 is 7.36. The molecule has 0 radical (unpaired) electrons. The molecule has 3 aromatic rings. The van der Waals surface area contributed by atoms with Gasteiger partial charge < -0.3 is 14.8 Å². The highest BCUT2D eigenvalue weighted by atomic mass is 35.5. The molecule has 0 atom stereocenters. The van der Waals surface area contributed by atoms with E-state index in [0.717, 1.165) is 21.3 Å². The lowest BCUT2D eigenvalue weighted by Crippen LogP contribution is -2.48. The van der Waals surface area contributed by atoms with Crippen LogP contribution in [0.2, 0.25) is 5.02 Å². The summed E-state index contributed by atoms with van der Waals surface area (Å²) in [7, 11) is 1.59. The lowest BCUT2D eigenvalue weighted by atomic mass is 10.1. The average molecular weight is 564 g/mol. The largest absolute Gasteiger partial charge is 0.354 e. The SMILES string of the molecule is CN=c1sc(C(=O)NC)c(CN2CCN(C(=O)CCS(=O)(=O)c3ccc4cc(Cl)ccc4c3)CC2)n1C. The van der Waals surface area contributed by atoms with E-state index in [-0.39, 0.29) is 28.9 Å². The number of carbonyl (C=O) groups excluding carboxylic acids is 2. The lowest BCUT2D eigenvalue weighted by molar-refractivity contribution is -0.132. The van der Waals surface area contributed by atoms with Crippen molar-refractivity contribution in [2.45, 2.75) is 17.9 Å². The van der Waals surface area contributed by atoms with Crippen LogP contribution >= 0.6 is 22.9 Å². The van der Waals surface area contributed by atoms with Crippen LogP contribution < -0.4 is 10.1 Å². The average Bonchev–Trinajstić information content (AvgIpc) is 3.21. The number of carbonyl (C=O) groups is 2. The lowest BCUT2D eigenvalue weighted by Gasteiger charge is -2.35. The highest BCUT2D eigenvalue weighted by Crippen LogP contribution is 2.24. The van der Waals surface area contributed by atoms with Crippen molar-refractivity contribution < 1.29 is 18.0 Å².